The van der Waals surface area contributed by atoms with E-state index in [4.69, 9.17) is 10.2 Å². The van der Waals surface area contributed by atoms with Crippen LogP contribution >= 0.6 is 0 Å². The van der Waals surface area contributed by atoms with Crippen molar-refractivity contribution in [2.75, 3.05) is 0 Å². The Morgan fingerprint density at radius 1 is 1.36 bits per heavy atom. The second kappa shape index (κ2) is 3.01. The van der Waals surface area contributed by atoms with E-state index < -0.39 is 0 Å². The number of nitrogens with zero attached hydrogens (tertiary/aromatic N) is 1. The summed E-state index contributed by atoms with van der Waals surface area (Å²) in [5, 5.41) is 20.5. The summed E-state index contributed by atoms with van der Waals surface area (Å²) in [6.07, 6.45) is 0. The predicted octanol–water partition coefficient (Wildman–Crippen LogP) is 1.36. The zero-order chi connectivity index (χ0) is 8.27. The Bertz CT molecular complexity index is 272. The quantitative estimate of drug-likeness (QED) is 0.630. The van der Waals surface area contributed by atoms with Crippen LogP contribution in [-0.4, -0.2) is 10.2 Å². The largest absolute Gasteiger partial charge is 0.508 e. The lowest BCUT2D eigenvalue weighted by atomic mass is 10.2. The number of phenolic OH excluding ortho intramolecular Hbond substituents is 2. The van der Waals surface area contributed by atoms with Crippen LogP contribution in [0.25, 0.3) is 0 Å². The minimum absolute atomic E-state index is 0.0304. The molecule has 0 saturated carbocycles. The second-order valence-electron chi connectivity index (χ2n) is 2.10. The van der Waals surface area contributed by atoms with E-state index in [1.54, 1.807) is 0 Å². The summed E-state index contributed by atoms with van der Waals surface area (Å²) in [6.45, 7) is -0.0773. The van der Waals surface area contributed by atoms with Crippen molar-refractivity contribution in [2.45, 2.75) is 6.54 Å². The van der Waals surface area contributed by atoms with E-state index in [0.717, 1.165) is 0 Å². The predicted molar refractivity (Wildman–Crippen MR) is 39.3 cm³/mol. The van der Waals surface area contributed by atoms with Crippen molar-refractivity contribution in [3.05, 3.63) is 28.7 Å². The molecule has 0 aliphatic rings. The molecular formula is C7H7NO3. The third-order valence-corrected chi connectivity index (χ3v) is 1.30. The van der Waals surface area contributed by atoms with Crippen LogP contribution in [0.5, 0.6) is 11.5 Å². The molecule has 0 radical (unpaired) electrons. The number of hydrogen-bond acceptors (Lipinski definition) is 4. The van der Waals surface area contributed by atoms with Crippen molar-refractivity contribution < 1.29 is 10.2 Å². The first kappa shape index (κ1) is 7.53. The molecule has 0 bridgehead atoms. The molecule has 0 unspecified atom stereocenters. The van der Waals surface area contributed by atoms with E-state index in [-0.39, 0.29) is 18.0 Å². The lowest BCUT2D eigenvalue weighted by Crippen LogP contribution is -1.80. The highest BCUT2D eigenvalue weighted by Gasteiger charge is 2.00. The molecule has 0 aromatic heterocycles. The van der Waals surface area contributed by atoms with Crippen molar-refractivity contribution in [1.82, 2.24) is 0 Å². The first-order chi connectivity index (χ1) is 5.24. The summed E-state index contributed by atoms with van der Waals surface area (Å²) >= 11 is 0. The molecule has 0 spiro atoms. The molecule has 0 aliphatic carbocycles. The number of phenols is 2. The highest BCUT2D eigenvalue weighted by Crippen LogP contribution is 2.22. The number of hydrogen-bond donors (Lipinski definition) is 2. The lowest BCUT2D eigenvalue weighted by Gasteiger charge is -1.98. The molecule has 58 valence electrons. The van der Waals surface area contributed by atoms with E-state index in [2.05, 4.69) is 5.18 Å². The van der Waals surface area contributed by atoms with Gasteiger partial charge < -0.3 is 10.2 Å². The van der Waals surface area contributed by atoms with Crippen LogP contribution in [-0.2, 0) is 6.54 Å². The smallest absolute Gasteiger partial charge is 0.124 e. The molecule has 4 nitrogen and oxygen atoms in total. The van der Waals surface area contributed by atoms with Crippen LogP contribution in [0.15, 0.2) is 23.4 Å². The van der Waals surface area contributed by atoms with Gasteiger partial charge in [0.15, 0.2) is 0 Å². The van der Waals surface area contributed by atoms with Gasteiger partial charge in [0.2, 0.25) is 0 Å². The maximum atomic E-state index is 9.79. The van der Waals surface area contributed by atoms with Crippen LogP contribution in [0.1, 0.15) is 5.56 Å². The van der Waals surface area contributed by atoms with Gasteiger partial charge in [-0.15, -0.1) is 0 Å². The van der Waals surface area contributed by atoms with Gasteiger partial charge in [0.05, 0.1) is 0 Å². The van der Waals surface area contributed by atoms with Crippen molar-refractivity contribution >= 4 is 0 Å². The molecule has 0 heterocycles. The number of benzene rings is 1. The molecule has 1 rings (SSSR count). The van der Waals surface area contributed by atoms with Gasteiger partial charge in [-0.1, -0.05) is 5.18 Å². The molecule has 0 atom stereocenters. The molecule has 1 aromatic rings. The molecular weight excluding hydrogens is 146 g/mol. The zero-order valence-electron chi connectivity index (χ0n) is 5.69. The molecule has 0 amide bonds. The minimum atomic E-state index is -0.107. The molecule has 0 saturated heterocycles. The highest BCUT2D eigenvalue weighted by atomic mass is 16.3. The van der Waals surface area contributed by atoms with Crippen molar-refractivity contribution in [1.29, 1.82) is 0 Å². The maximum absolute atomic E-state index is 9.79. The number of nitroso groups, excluding NO2 is 1. The second-order valence-corrected chi connectivity index (χ2v) is 2.10. The van der Waals surface area contributed by atoms with Gasteiger partial charge in [0.25, 0.3) is 0 Å². The SMILES string of the molecule is O=NCc1ccc(O)cc1O. The Morgan fingerprint density at radius 2 is 2.09 bits per heavy atom. The van der Waals surface area contributed by atoms with Crippen molar-refractivity contribution in [3.63, 3.8) is 0 Å². The van der Waals surface area contributed by atoms with E-state index in [1.807, 2.05) is 0 Å². The van der Waals surface area contributed by atoms with Gasteiger partial charge in [-0.25, -0.2) is 0 Å². The average molecular weight is 153 g/mol. The van der Waals surface area contributed by atoms with Crippen LogP contribution in [0, 0.1) is 4.91 Å². The van der Waals surface area contributed by atoms with Gasteiger partial charge in [-0.05, 0) is 12.1 Å². The third kappa shape index (κ3) is 1.67. The first-order valence-corrected chi connectivity index (χ1v) is 3.04. The summed E-state index contributed by atoms with van der Waals surface area (Å²) in [5.41, 5.74) is 0.415. The normalized spacial score (nSPS) is 9.45. The van der Waals surface area contributed by atoms with E-state index in [0.29, 0.717) is 5.56 Å². The lowest BCUT2D eigenvalue weighted by molar-refractivity contribution is 0.446. The van der Waals surface area contributed by atoms with Crippen LogP contribution in [0.3, 0.4) is 0 Å². The highest BCUT2D eigenvalue weighted by molar-refractivity contribution is 5.38. The maximum Gasteiger partial charge on any atom is 0.124 e. The van der Waals surface area contributed by atoms with Crippen molar-refractivity contribution in [3.8, 4) is 11.5 Å². The Hall–Kier alpha value is -1.58. The summed E-state index contributed by atoms with van der Waals surface area (Å²) in [7, 11) is 0. The Morgan fingerprint density at radius 3 is 2.64 bits per heavy atom. The molecule has 0 aliphatic heterocycles. The summed E-state index contributed by atoms with van der Waals surface area (Å²) in [4.78, 5) is 9.79. The summed E-state index contributed by atoms with van der Waals surface area (Å²) in [6, 6.07) is 4.01. The minimum Gasteiger partial charge on any atom is -0.508 e. The number of rotatable bonds is 2. The van der Waals surface area contributed by atoms with Gasteiger partial charge in [-0.2, -0.15) is 4.91 Å². The first-order valence-electron chi connectivity index (χ1n) is 3.04. The zero-order valence-corrected chi connectivity index (χ0v) is 5.69. The summed E-state index contributed by atoms with van der Waals surface area (Å²) < 4.78 is 0. The standard InChI is InChI=1S/C7H7NO3/c9-6-2-1-5(4-8-11)7(10)3-6/h1-3,9-10H,4H2. The van der Waals surface area contributed by atoms with Gasteiger partial charge in [-0.3, -0.25) is 0 Å². The monoisotopic (exact) mass is 153 g/mol. The molecule has 0 fully saturated rings. The Balaban J connectivity index is 2.98. The summed E-state index contributed by atoms with van der Waals surface area (Å²) in [5.74, 6) is -0.137. The molecule has 4 heteroatoms. The van der Waals surface area contributed by atoms with E-state index in [1.165, 1.54) is 18.2 Å². The Labute approximate surface area is 63.1 Å². The van der Waals surface area contributed by atoms with E-state index in [9.17, 15) is 4.91 Å². The fourth-order valence-electron chi connectivity index (χ4n) is 0.755. The van der Waals surface area contributed by atoms with Gasteiger partial charge >= 0.3 is 0 Å². The Kier molecular flexibility index (Phi) is 2.06. The fraction of sp³-hybridized carbons (Fsp3) is 0.143. The topological polar surface area (TPSA) is 69.9 Å². The average Bonchev–Trinajstić information content (AvgIpc) is 1.95. The van der Waals surface area contributed by atoms with Crippen LogP contribution < -0.4 is 0 Å². The fourth-order valence-corrected chi connectivity index (χ4v) is 0.755. The van der Waals surface area contributed by atoms with Crippen LogP contribution in [0.2, 0.25) is 0 Å². The molecule has 2 N–H and O–H groups in total. The number of aromatic hydroxyl groups is 2. The molecule has 1 aromatic carbocycles. The third-order valence-electron chi connectivity index (χ3n) is 1.30. The van der Waals surface area contributed by atoms with Crippen molar-refractivity contribution in [2.24, 2.45) is 5.18 Å². The van der Waals surface area contributed by atoms with E-state index >= 15 is 0 Å². The van der Waals surface area contributed by atoms with Gasteiger partial charge in [0.1, 0.15) is 18.0 Å². The molecule has 11 heavy (non-hydrogen) atoms. The van der Waals surface area contributed by atoms with Crippen LogP contribution in [0.4, 0.5) is 0 Å². The van der Waals surface area contributed by atoms with Gasteiger partial charge in [0, 0.05) is 11.6 Å².